The molecule has 0 radical (unpaired) electrons. The first-order valence-electron chi connectivity index (χ1n) is 5.48. The lowest BCUT2D eigenvalue weighted by atomic mass is 10.1. The van der Waals surface area contributed by atoms with Crippen LogP contribution in [0.2, 0.25) is 0 Å². The van der Waals surface area contributed by atoms with E-state index in [0.717, 1.165) is 18.9 Å². The molecule has 0 spiro atoms. The molecule has 2 nitrogen and oxygen atoms in total. The smallest absolute Gasteiger partial charge is 0.121 e. The van der Waals surface area contributed by atoms with Crippen LogP contribution in [0.1, 0.15) is 44.9 Å². The van der Waals surface area contributed by atoms with E-state index < -0.39 is 0 Å². The Balaban J connectivity index is 2.25. The summed E-state index contributed by atoms with van der Waals surface area (Å²) in [5.74, 6) is 0. The fourth-order valence-electron chi connectivity index (χ4n) is 2.14. The van der Waals surface area contributed by atoms with E-state index in [2.05, 4.69) is 11.9 Å². The first kappa shape index (κ1) is 10.7. The Labute approximate surface area is 81.3 Å². The summed E-state index contributed by atoms with van der Waals surface area (Å²) in [5, 5.41) is 0. The van der Waals surface area contributed by atoms with Crippen molar-refractivity contribution in [1.29, 1.82) is 0 Å². The van der Waals surface area contributed by atoms with Crippen molar-refractivity contribution in [1.82, 2.24) is 4.90 Å². The molecular weight excluding hydrogens is 162 g/mol. The van der Waals surface area contributed by atoms with Crippen molar-refractivity contribution in [3.63, 3.8) is 0 Å². The molecule has 1 aliphatic rings. The maximum Gasteiger partial charge on any atom is 0.121 e. The number of aldehydes is 1. The van der Waals surface area contributed by atoms with Crippen molar-refractivity contribution >= 4 is 6.29 Å². The highest BCUT2D eigenvalue weighted by molar-refractivity contribution is 5.49. The zero-order valence-electron chi connectivity index (χ0n) is 8.67. The Kier molecular flexibility index (Phi) is 5.06. The molecule has 0 amide bonds. The predicted molar refractivity (Wildman–Crippen MR) is 54.8 cm³/mol. The molecule has 0 bridgehead atoms. The van der Waals surface area contributed by atoms with Crippen LogP contribution in [-0.2, 0) is 4.79 Å². The molecule has 0 aromatic rings. The summed E-state index contributed by atoms with van der Waals surface area (Å²) >= 11 is 0. The van der Waals surface area contributed by atoms with Crippen molar-refractivity contribution < 1.29 is 4.79 Å². The molecule has 0 aliphatic heterocycles. The highest BCUT2D eigenvalue weighted by Crippen LogP contribution is 2.20. The Bertz CT molecular complexity index is 139. The minimum atomic E-state index is 0.687. The van der Waals surface area contributed by atoms with Crippen LogP contribution in [0, 0.1) is 0 Å². The maximum absolute atomic E-state index is 10.2. The average molecular weight is 183 g/mol. The van der Waals surface area contributed by atoms with Gasteiger partial charge in [0.15, 0.2) is 0 Å². The van der Waals surface area contributed by atoms with Crippen LogP contribution in [0.25, 0.3) is 0 Å². The fourth-order valence-corrected chi connectivity index (χ4v) is 2.14. The second-order valence-electron chi connectivity index (χ2n) is 4.08. The summed E-state index contributed by atoms with van der Waals surface area (Å²) in [5.41, 5.74) is 0. The van der Waals surface area contributed by atoms with Crippen molar-refractivity contribution in [3.8, 4) is 0 Å². The van der Waals surface area contributed by atoms with E-state index in [9.17, 15) is 4.79 Å². The van der Waals surface area contributed by atoms with Crippen molar-refractivity contribution in [2.24, 2.45) is 0 Å². The standard InChI is InChI=1S/C11H21NO/c1-12(9-6-10-13)11-7-4-2-3-5-8-11/h10-11H,2-9H2,1H3. The lowest BCUT2D eigenvalue weighted by Gasteiger charge is -2.26. The van der Waals surface area contributed by atoms with Crippen molar-refractivity contribution in [2.75, 3.05) is 13.6 Å². The second-order valence-corrected chi connectivity index (χ2v) is 4.08. The van der Waals surface area contributed by atoms with Gasteiger partial charge in [-0.2, -0.15) is 0 Å². The quantitative estimate of drug-likeness (QED) is 0.492. The van der Waals surface area contributed by atoms with Crippen LogP contribution in [0.4, 0.5) is 0 Å². The molecule has 1 rings (SSSR count). The highest BCUT2D eigenvalue weighted by Gasteiger charge is 2.15. The lowest BCUT2D eigenvalue weighted by Crippen LogP contribution is -2.32. The number of carbonyl (C=O) groups is 1. The van der Waals surface area contributed by atoms with E-state index in [1.54, 1.807) is 0 Å². The van der Waals surface area contributed by atoms with Gasteiger partial charge in [0.2, 0.25) is 0 Å². The summed E-state index contributed by atoms with van der Waals surface area (Å²) in [7, 11) is 2.15. The van der Waals surface area contributed by atoms with Gasteiger partial charge in [0, 0.05) is 19.0 Å². The van der Waals surface area contributed by atoms with E-state index in [4.69, 9.17) is 0 Å². The Morgan fingerprint density at radius 2 is 1.85 bits per heavy atom. The molecule has 2 heteroatoms. The van der Waals surface area contributed by atoms with Crippen LogP contribution >= 0.6 is 0 Å². The van der Waals surface area contributed by atoms with Crippen LogP contribution in [0.3, 0.4) is 0 Å². The molecule has 0 atom stereocenters. The summed E-state index contributed by atoms with van der Waals surface area (Å²) in [6, 6.07) is 0.738. The number of hydrogen-bond acceptors (Lipinski definition) is 2. The normalized spacial score (nSPS) is 20.2. The maximum atomic E-state index is 10.2. The highest BCUT2D eigenvalue weighted by atomic mass is 16.1. The molecule has 1 fully saturated rings. The minimum absolute atomic E-state index is 0.687. The number of hydrogen-bond donors (Lipinski definition) is 0. The molecule has 0 aromatic carbocycles. The van der Waals surface area contributed by atoms with Crippen LogP contribution in [-0.4, -0.2) is 30.8 Å². The molecule has 13 heavy (non-hydrogen) atoms. The first-order valence-corrected chi connectivity index (χ1v) is 5.48. The van der Waals surface area contributed by atoms with E-state index in [1.807, 2.05) is 0 Å². The molecule has 1 aliphatic carbocycles. The van der Waals surface area contributed by atoms with Gasteiger partial charge >= 0.3 is 0 Å². The van der Waals surface area contributed by atoms with Crippen LogP contribution in [0.5, 0.6) is 0 Å². The minimum Gasteiger partial charge on any atom is -0.303 e. The van der Waals surface area contributed by atoms with E-state index in [0.29, 0.717) is 6.42 Å². The zero-order chi connectivity index (χ0) is 9.52. The van der Waals surface area contributed by atoms with E-state index in [-0.39, 0.29) is 0 Å². The largest absolute Gasteiger partial charge is 0.303 e. The molecule has 0 heterocycles. The van der Waals surface area contributed by atoms with Gasteiger partial charge in [0.25, 0.3) is 0 Å². The third-order valence-electron chi connectivity index (χ3n) is 3.05. The summed E-state index contributed by atoms with van der Waals surface area (Å²) in [6.45, 7) is 0.939. The molecule has 1 saturated carbocycles. The van der Waals surface area contributed by atoms with E-state index >= 15 is 0 Å². The molecule has 0 aromatic heterocycles. The molecule has 0 saturated heterocycles. The molecule has 0 N–H and O–H groups in total. The first-order chi connectivity index (χ1) is 6.34. The zero-order valence-corrected chi connectivity index (χ0v) is 8.67. The van der Waals surface area contributed by atoms with Crippen LogP contribution < -0.4 is 0 Å². The topological polar surface area (TPSA) is 20.3 Å². The van der Waals surface area contributed by atoms with Gasteiger partial charge in [0.1, 0.15) is 6.29 Å². The third kappa shape index (κ3) is 3.90. The third-order valence-corrected chi connectivity index (χ3v) is 3.05. The van der Waals surface area contributed by atoms with Gasteiger partial charge < -0.3 is 9.69 Å². The number of carbonyl (C=O) groups excluding carboxylic acids is 1. The molecule has 76 valence electrons. The summed E-state index contributed by atoms with van der Waals surface area (Å²) in [6.07, 6.45) is 9.91. The molecule has 0 unspecified atom stereocenters. The van der Waals surface area contributed by atoms with Crippen LogP contribution in [0.15, 0.2) is 0 Å². The Morgan fingerprint density at radius 3 is 2.38 bits per heavy atom. The fraction of sp³-hybridized carbons (Fsp3) is 0.909. The van der Waals surface area contributed by atoms with Gasteiger partial charge in [0.05, 0.1) is 0 Å². The van der Waals surface area contributed by atoms with Gasteiger partial charge in [-0.15, -0.1) is 0 Å². The average Bonchev–Trinajstić information content (AvgIpc) is 2.42. The number of rotatable bonds is 4. The summed E-state index contributed by atoms with van der Waals surface area (Å²) in [4.78, 5) is 12.6. The predicted octanol–water partition coefficient (Wildman–Crippen LogP) is 2.23. The van der Waals surface area contributed by atoms with E-state index in [1.165, 1.54) is 38.5 Å². The molecular formula is C11H21NO. The Morgan fingerprint density at radius 1 is 1.23 bits per heavy atom. The Hall–Kier alpha value is -0.370. The second kappa shape index (κ2) is 6.14. The monoisotopic (exact) mass is 183 g/mol. The lowest BCUT2D eigenvalue weighted by molar-refractivity contribution is -0.108. The number of nitrogens with zero attached hydrogens (tertiary/aromatic N) is 1. The van der Waals surface area contributed by atoms with Gasteiger partial charge in [-0.25, -0.2) is 0 Å². The summed E-state index contributed by atoms with van der Waals surface area (Å²) < 4.78 is 0. The SMILES string of the molecule is CN(CCC=O)C1CCCCCC1. The van der Waals surface area contributed by atoms with Gasteiger partial charge in [-0.3, -0.25) is 0 Å². The van der Waals surface area contributed by atoms with Crippen molar-refractivity contribution in [2.45, 2.75) is 51.0 Å². The van der Waals surface area contributed by atoms with Crippen molar-refractivity contribution in [3.05, 3.63) is 0 Å². The van der Waals surface area contributed by atoms with Gasteiger partial charge in [-0.1, -0.05) is 25.7 Å². The van der Waals surface area contributed by atoms with Gasteiger partial charge in [-0.05, 0) is 19.9 Å².